The van der Waals surface area contributed by atoms with Crippen molar-refractivity contribution < 1.29 is 4.74 Å². The van der Waals surface area contributed by atoms with E-state index >= 15 is 0 Å². The Morgan fingerprint density at radius 2 is 2.20 bits per heavy atom. The van der Waals surface area contributed by atoms with Gasteiger partial charge in [0.1, 0.15) is 6.23 Å². The molecule has 0 aliphatic carbocycles. The van der Waals surface area contributed by atoms with E-state index in [1.54, 1.807) is 0 Å². The highest BCUT2D eigenvalue weighted by Gasteiger charge is 2.24. The van der Waals surface area contributed by atoms with E-state index in [2.05, 4.69) is 10.6 Å². The van der Waals surface area contributed by atoms with Gasteiger partial charge in [0.05, 0.1) is 6.61 Å². The molecule has 0 radical (unpaired) electrons. The summed E-state index contributed by atoms with van der Waals surface area (Å²) in [5, 5.41) is 6.67. The second kappa shape index (κ2) is 3.53. The molecule has 0 spiro atoms. The zero-order valence-electron chi connectivity index (χ0n) is 5.80. The fraction of sp³-hybridized carbons (Fsp3) is 1.00. The Labute approximate surface area is 66.9 Å². The van der Waals surface area contributed by atoms with Crippen LogP contribution in [-0.4, -0.2) is 32.0 Å². The molecule has 2 atom stereocenters. The Bertz CT molecular complexity index is 91.9. The first-order chi connectivity index (χ1) is 4.45. The van der Waals surface area contributed by atoms with Gasteiger partial charge in [-0.3, -0.25) is 5.32 Å². The van der Waals surface area contributed by atoms with Crippen LogP contribution in [0.2, 0.25) is 0 Å². The number of halogens is 1. The molecular weight excluding hydrogens is 152 g/mol. The molecule has 2 fully saturated rings. The fourth-order valence-corrected chi connectivity index (χ4v) is 1.41. The summed E-state index contributed by atoms with van der Waals surface area (Å²) in [5.41, 5.74) is 0. The molecule has 2 unspecified atom stereocenters. The lowest BCUT2D eigenvalue weighted by Crippen LogP contribution is -2.59. The first-order valence-corrected chi connectivity index (χ1v) is 3.53. The standard InChI is InChI=1S/C6H12N2O.ClH/c1-2-9-6-4-7-3-5(1)8-6;/h5-8H,1-4H2;1H. The Kier molecular flexibility index (Phi) is 2.92. The highest BCUT2D eigenvalue weighted by atomic mass is 35.5. The zero-order chi connectivity index (χ0) is 6.10. The number of rotatable bonds is 0. The number of fused-ring (bicyclic) bond motifs is 2. The van der Waals surface area contributed by atoms with Crippen LogP contribution >= 0.6 is 12.4 Å². The summed E-state index contributed by atoms with van der Waals surface area (Å²) in [6.45, 7) is 3.01. The van der Waals surface area contributed by atoms with Gasteiger partial charge in [0.15, 0.2) is 0 Å². The minimum absolute atomic E-state index is 0. The molecule has 2 rings (SSSR count). The van der Waals surface area contributed by atoms with E-state index in [0.29, 0.717) is 6.04 Å². The van der Waals surface area contributed by atoms with Gasteiger partial charge < -0.3 is 10.1 Å². The van der Waals surface area contributed by atoms with Crippen molar-refractivity contribution in [1.29, 1.82) is 0 Å². The molecule has 4 heteroatoms. The van der Waals surface area contributed by atoms with Crippen LogP contribution in [0.5, 0.6) is 0 Å². The maximum absolute atomic E-state index is 5.38. The lowest BCUT2D eigenvalue weighted by Gasteiger charge is -2.36. The molecule has 2 bridgehead atoms. The van der Waals surface area contributed by atoms with Gasteiger partial charge in [0.25, 0.3) is 0 Å². The smallest absolute Gasteiger partial charge is 0.120 e. The van der Waals surface area contributed by atoms with Crippen molar-refractivity contribution in [3.8, 4) is 0 Å². The summed E-state index contributed by atoms with van der Waals surface area (Å²) in [7, 11) is 0. The highest BCUT2D eigenvalue weighted by Crippen LogP contribution is 2.06. The fourth-order valence-electron chi connectivity index (χ4n) is 1.41. The SMILES string of the molecule is C1CC2CNCC(N2)O1.Cl. The maximum Gasteiger partial charge on any atom is 0.120 e. The van der Waals surface area contributed by atoms with Crippen LogP contribution in [0.3, 0.4) is 0 Å². The number of piperazine rings is 1. The van der Waals surface area contributed by atoms with Gasteiger partial charge in [0, 0.05) is 19.1 Å². The van der Waals surface area contributed by atoms with Crippen LogP contribution in [0.1, 0.15) is 6.42 Å². The molecule has 0 saturated carbocycles. The second-order valence-electron chi connectivity index (χ2n) is 2.67. The third-order valence-corrected chi connectivity index (χ3v) is 1.93. The van der Waals surface area contributed by atoms with Crippen LogP contribution in [0.4, 0.5) is 0 Å². The summed E-state index contributed by atoms with van der Waals surface area (Å²) in [4.78, 5) is 0. The molecule has 2 heterocycles. The second-order valence-corrected chi connectivity index (χ2v) is 2.67. The normalized spacial score (nSPS) is 38.4. The molecule has 0 aromatic heterocycles. The van der Waals surface area contributed by atoms with E-state index in [4.69, 9.17) is 4.74 Å². The third kappa shape index (κ3) is 1.61. The lowest BCUT2D eigenvalue weighted by atomic mass is 10.1. The van der Waals surface area contributed by atoms with Gasteiger partial charge in [0.2, 0.25) is 0 Å². The van der Waals surface area contributed by atoms with Gasteiger partial charge in [-0.25, -0.2) is 0 Å². The number of hydrogen-bond acceptors (Lipinski definition) is 3. The third-order valence-electron chi connectivity index (χ3n) is 1.93. The van der Waals surface area contributed by atoms with E-state index in [9.17, 15) is 0 Å². The van der Waals surface area contributed by atoms with Gasteiger partial charge in [-0.15, -0.1) is 12.4 Å². The minimum atomic E-state index is 0. The molecule has 60 valence electrons. The van der Waals surface area contributed by atoms with E-state index in [-0.39, 0.29) is 18.6 Å². The highest BCUT2D eigenvalue weighted by molar-refractivity contribution is 5.85. The average Bonchev–Trinajstić information content (AvgIpc) is 1.88. The summed E-state index contributed by atoms with van der Waals surface area (Å²) < 4.78 is 5.38. The largest absolute Gasteiger partial charge is 0.362 e. The molecule has 2 aliphatic heterocycles. The Morgan fingerprint density at radius 1 is 1.30 bits per heavy atom. The molecule has 0 amide bonds. The maximum atomic E-state index is 5.38. The van der Waals surface area contributed by atoms with Crippen molar-refractivity contribution in [2.45, 2.75) is 18.7 Å². The zero-order valence-corrected chi connectivity index (χ0v) is 6.62. The van der Waals surface area contributed by atoms with Gasteiger partial charge in [-0.2, -0.15) is 0 Å². The molecular formula is C6H13ClN2O. The molecule has 2 saturated heterocycles. The molecule has 3 nitrogen and oxygen atoms in total. The van der Waals surface area contributed by atoms with E-state index in [0.717, 1.165) is 26.1 Å². The molecule has 2 aliphatic rings. The van der Waals surface area contributed by atoms with Gasteiger partial charge >= 0.3 is 0 Å². The molecule has 0 aromatic carbocycles. The predicted octanol–water partition coefficient (Wildman–Crippen LogP) is -0.284. The summed E-state index contributed by atoms with van der Waals surface area (Å²) in [6, 6.07) is 0.664. The topological polar surface area (TPSA) is 33.3 Å². The number of ether oxygens (including phenoxy) is 1. The van der Waals surface area contributed by atoms with Gasteiger partial charge in [-0.05, 0) is 6.42 Å². The van der Waals surface area contributed by atoms with Crippen molar-refractivity contribution in [2.24, 2.45) is 0 Å². The molecule has 0 aromatic rings. The van der Waals surface area contributed by atoms with Crippen LogP contribution in [0, 0.1) is 0 Å². The Hall–Kier alpha value is 0.170. The van der Waals surface area contributed by atoms with Crippen molar-refractivity contribution in [3.63, 3.8) is 0 Å². The number of hydrogen-bond donors (Lipinski definition) is 2. The van der Waals surface area contributed by atoms with Crippen LogP contribution in [0.15, 0.2) is 0 Å². The van der Waals surface area contributed by atoms with Crippen LogP contribution < -0.4 is 10.6 Å². The predicted molar refractivity (Wildman–Crippen MR) is 41.4 cm³/mol. The first-order valence-electron chi connectivity index (χ1n) is 3.53. The number of nitrogens with one attached hydrogen (secondary N) is 2. The monoisotopic (exact) mass is 164 g/mol. The van der Waals surface area contributed by atoms with E-state index in [1.165, 1.54) is 0 Å². The van der Waals surface area contributed by atoms with Crippen molar-refractivity contribution in [1.82, 2.24) is 10.6 Å². The summed E-state index contributed by atoms with van der Waals surface area (Å²) in [5.74, 6) is 0. The van der Waals surface area contributed by atoms with Crippen molar-refractivity contribution >= 4 is 12.4 Å². The first kappa shape index (κ1) is 8.27. The quantitative estimate of drug-likeness (QED) is 0.517. The van der Waals surface area contributed by atoms with Gasteiger partial charge in [-0.1, -0.05) is 0 Å². The minimum Gasteiger partial charge on any atom is -0.362 e. The summed E-state index contributed by atoms with van der Waals surface area (Å²) in [6.07, 6.45) is 1.45. The molecule has 2 N–H and O–H groups in total. The van der Waals surface area contributed by atoms with Crippen LogP contribution in [0.25, 0.3) is 0 Å². The van der Waals surface area contributed by atoms with Crippen molar-refractivity contribution in [3.05, 3.63) is 0 Å². The van der Waals surface area contributed by atoms with Crippen LogP contribution in [-0.2, 0) is 4.74 Å². The van der Waals surface area contributed by atoms with E-state index in [1.807, 2.05) is 0 Å². The summed E-state index contributed by atoms with van der Waals surface area (Å²) >= 11 is 0. The van der Waals surface area contributed by atoms with Crippen molar-refractivity contribution in [2.75, 3.05) is 19.7 Å². The van der Waals surface area contributed by atoms with E-state index < -0.39 is 0 Å². The molecule has 10 heavy (non-hydrogen) atoms. The lowest BCUT2D eigenvalue weighted by molar-refractivity contribution is -0.0325. The Morgan fingerprint density at radius 3 is 2.90 bits per heavy atom. The average molecular weight is 165 g/mol. The Balaban J connectivity index is 0.000000500.